The molecule has 1 atom stereocenters. The molecule has 0 bridgehead atoms. The van der Waals surface area contributed by atoms with E-state index in [1.54, 1.807) is 30.5 Å². The summed E-state index contributed by atoms with van der Waals surface area (Å²) in [5, 5.41) is 14.0. The van der Waals surface area contributed by atoms with Crippen LogP contribution in [0.4, 0.5) is 0 Å². The van der Waals surface area contributed by atoms with E-state index in [4.69, 9.17) is 4.74 Å². The monoisotopic (exact) mass is 307 g/mol. The molecule has 1 N–H and O–H groups in total. The molecule has 120 valence electrons. The molecular formula is C15H21N3O4. The molecule has 0 saturated carbocycles. The van der Waals surface area contributed by atoms with Crippen LogP contribution in [0.3, 0.4) is 0 Å². The Morgan fingerprint density at radius 1 is 1.41 bits per heavy atom. The minimum absolute atomic E-state index is 0.236. The predicted octanol–water partition coefficient (Wildman–Crippen LogP) is 1.24. The first-order chi connectivity index (χ1) is 10.3. The first-order valence-corrected chi connectivity index (χ1v) is 7.31. The Labute approximate surface area is 128 Å². The highest BCUT2D eigenvalue weighted by atomic mass is 16.5. The van der Waals surface area contributed by atoms with Crippen molar-refractivity contribution in [2.45, 2.75) is 46.3 Å². The topological polar surface area (TPSA) is 85.8 Å². The van der Waals surface area contributed by atoms with Crippen LogP contribution in [0.25, 0.3) is 5.52 Å². The van der Waals surface area contributed by atoms with Crippen LogP contribution in [0.5, 0.6) is 0 Å². The molecule has 0 aliphatic heterocycles. The molecule has 7 heteroatoms. The lowest BCUT2D eigenvalue weighted by atomic mass is 10.1. The summed E-state index contributed by atoms with van der Waals surface area (Å²) in [6, 6.07) is 1.77. The third-order valence-corrected chi connectivity index (χ3v) is 3.39. The maximum atomic E-state index is 12.5. The predicted molar refractivity (Wildman–Crippen MR) is 80.8 cm³/mol. The standard InChI is InChI=1S/C15H21N3O4/c1-5-22-13(20)8-18-15(21)12-6-11(9(2)3)7-17(12)14(16-18)10(4)19/h6-7,9-10,19H,5,8H2,1-4H3. The number of aliphatic hydroxyl groups is 1. The molecule has 7 nitrogen and oxygen atoms in total. The van der Waals surface area contributed by atoms with Crippen molar-refractivity contribution in [3.8, 4) is 0 Å². The first kappa shape index (κ1) is 16.2. The fraction of sp³-hybridized carbons (Fsp3) is 0.533. The number of ether oxygens (including phenoxy) is 1. The molecule has 0 amide bonds. The third kappa shape index (κ3) is 3.04. The molecule has 0 radical (unpaired) electrons. The van der Waals surface area contributed by atoms with E-state index in [0.717, 1.165) is 10.2 Å². The highest BCUT2D eigenvalue weighted by Crippen LogP contribution is 2.19. The molecule has 2 rings (SSSR count). The van der Waals surface area contributed by atoms with Gasteiger partial charge in [0.1, 0.15) is 18.2 Å². The molecule has 1 unspecified atom stereocenters. The minimum atomic E-state index is -0.871. The van der Waals surface area contributed by atoms with Crippen molar-refractivity contribution in [2.75, 3.05) is 6.61 Å². The number of fused-ring (bicyclic) bond motifs is 1. The van der Waals surface area contributed by atoms with Crippen molar-refractivity contribution in [2.24, 2.45) is 0 Å². The van der Waals surface area contributed by atoms with Crippen LogP contribution in [-0.4, -0.2) is 31.9 Å². The van der Waals surface area contributed by atoms with Gasteiger partial charge in [0, 0.05) is 6.20 Å². The van der Waals surface area contributed by atoms with Gasteiger partial charge in [-0.2, -0.15) is 5.10 Å². The Kier molecular flexibility index (Phi) is 4.65. The number of carbonyl (C=O) groups is 1. The van der Waals surface area contributed by atoms with E-state index in [2.05, 4.69) is 5.10 Å². The van der Waals surface area contributed by atoms with E-state index in [0.29, 0.717) is 11.3 Å². The molecule has 0 aliphatic carbocycles. The molecular weight excluding hydrogens is 286 g/mol. The summed E-state index contributed by atoms with van der Waals surface area (Å²) in [6.45, 7) is 7.26. The van der Waals surface area contributed by atoms with Crippen molar-refractivity contribution in [1.82, 2.24) is 14.2 Å². The number of aromatic nitrogens is 3. The van der Waals surface area contributed by atoms with E-state index in [1.165, 1.54) is 0 Å². The Morgan fingerprint density at radius 3 is 2.64 bits per heavy atom. The lowest BCUT2D eigenvalue weighted by Gasteiger charge is -2.11. The summed E-state index contributed by atoms with van der Waals surface area (Å²) in [7, 11) is 0. The van der Waals surface area contributed by atoms with Crippen LogP contribution in [0, 0.1) is 0 Å². The van der Waals surface area contributed by atoms with Gasteiger partial charge in [-0.1, -0.05) is 13.8 Å². The van der Waals surface area contributed by atoms with Crippen LogP contribution in [0.1, 0.15) is 51.1 Å². The zero-order valence-electron chi connectivity index (χ0n) is 13.2. The lowest BCUT2D eigenvalue weighted by Crippen LogP contribution is -2.31. The molecule has 0 fully saturated rings. The summed E-state index contributed by atoms with van der Waals surface area (Å²) >= 11 is 0. The number of aliphatic hydroxyl groups excluding tert-OH is 1. The average Bonchev–Trinajstić information content (AvgIpc) is 2.87. The molecule has 0 aromatic carbocycles. The first-order valence-electron chi connectivity index (χ1n) is 7.31. The number of hydrogen-bond acceptors (Lipinski definition) is 5. The molecule has 0 saturated heterocycles. The van der Waals surface area contributed by atoms with Gasteiger partial charge in [0.05, 0.1) is 6.61 Å². The van der Waals surface area contributed by atoms with Crippen molar-refractivity contribution in [3.63, 3.8) is 0 Å². The van der Waals surface area contributed by atoms with E-state index in [1.807, 2.05) is 13.8 Å². The van der Waals surface area contributed by atoms with Crippen molar-refractivity contribution < 1.29 is 14.6 Å². The van der Waals surface area contributed by atoms with Gasteiger partial charge in [0.2, 0.25) is 0 Å². The zero-order valence-corrected chi connectivity index (χ0v) is 13.2. The average molecular weight is 307 g/mol. The van der Waals surface area contributed by atoms with Gasteiger partial charge in [0.25, 0.3) is 5.56 Å². The van der Waals surface area contributed by atoms with Crippen molar-refractivity contribution in [1.29, 1.82) is 0 Å². The normalized spacial score (nSPS) is 12.8. The van der Waals surface area contributed by atoms with Crippen LogP contribution >= 0.6 is 0 Å². The van der Waals surface area contributed by atoms with Gasteiger partial charge in [-0.05, 0) is 31.4 Å². The van der Waals surface area contributed by atoms with Crippen molar-refractivity contribution in [3.05, 3.63) is 34.0 Å². The third-order valence-electron chi connectivity index (χ3n) is 3.39. The summed E-state index contributed by atoms with van der Waals surface area (Å²) in [6.07, 6.45) is 0.925. The minimum Gasteiger partial charge on any atom is -0.465 e. The SMILES string of the molecule is CCOC(=O)Cn1nc(C(C)O)n2cc(C(C)C)cc2c1=O. The fourth-order valence-corrected chi connectivity index (χ4v) is 2.22. The maximum Gasteiger partial charge on any atom is 0.327 e. The van der Waals surface area contributed by atoms with Crippen LogP contribution in [0.15, 0.2) is 17.1 Å². The number of rotatable bonds is 5. The van der Waals surface area contributed by atoms with Gasteiger partial charge in [-0.25, -0.2) is 4.68 Å². The Bertz CT molecular complexity index is 743. The Balaban J connectivity index is 2.61. The highest BCUT2D eigenvalue weighted by Gasteiger charge is 2.18. The summed E-state index contributed by atoms with van der Waals surface area (Å²) in [5.74, 6) is 0.0130. The Morgan fingerprint density at radius 2 is 2.09 bits per heavy atom. The number of esters is 1. The lowest BCUT2D eigenvalue weighted by molar-refractivity contribution is -0.144. The smallest absolute Gasteiger partial charge is 0.327 e. The summed E-state index contributed by atoms with van der Waals surface area (Å²) < 4.78 is 7.48. The Hall–Kier alpha value is -2.15. The second-order valence-corrected chi connectivity index (χ2v) is 5.49. The van der Waals surface area contributed by atoms with Crippen molar-refractivity contribution >= 4 is 11.5 Å². The number of carbonyl (C=O) groups excluding carboxylic acids is 1. The molecule has 2 heterocycles. The molecule has 2 aromatic rings. The van der Waals surface area contributed by atoms with Gasteiger partial charge >= 0.3 is 5.97 Å². The van der Waals surface area contributed by atoms with E-state index in [-0.39, 0.29) is 24.6 Å². The second-order valence-electron chi connectivity index (χ2n) is 5.49. The second kappa shape index (κ2) is 6.31. The van der Waals surface area contributed by atoms with E-state index in [9.17, 15) is 14.7 Å². The number of hydrogen-bond donors (Lipinski definition) is 1. The quantitative estimate of drug-likeness (QED) is 0.840. The van der Waals surface area contributed by atoms with Gasteiger partial charge in [-0.3, -0.25) is 14.0 Å². The zero-order chi connectivity index (χ0) is 16.4. The van der Waals surface area contributed by atoms with Crippen LogP contribution in [-0.2, 0) is 16.1 Å². The molecule has 22 heavy (non-hydrogen) atoms. The number of nitrogens with zero attached hydrogens (tertiary/aromatic N) is 3. The highest BCUT2D eigenvalue weighted by molar-refractivity contribution is 5.69. The fourth-order valence-electron chi connectivity index (χ4n) is 2.22. The largest absolute Gasteiger partial charge is 0.465 e. The summed E-state index contributed by atoms with van der Waals surface area (Å²) in [4.78, 5) is 24.1. The van der Waals surface area contributed by atoms with Gasteiger partial charge in [-0.15, -0.1) is 0 Å². The van der Waals surface area contributed by atoms with Crippen LogP contribution in [0.2, 0.25) is 0 Å². The van der Waals surface area contributed by atoms with Crippen LogP contribution < -0.4 is 5.56 Å². The van der Waals surface area contributed by atoms with Gasteiger partial charge in [0.15, 0.2) is 5.82 Å². The molecule has 0 aliphatic rings. The summed E-state index contributed by atoms with van der Waals surface area (Å²) in [5.41, 5.74) is 0.970. The molecule has 0 spiro atoms. The van der Waals surface area contributed by atoms with Gasteiger partial charge < -0.3 is 9.84 Å². The maximum absolute atomic E-state index is 12.5. The molecule has 2 aromatic heterocycles. The van der Waals surface area contributed by atoms with E-state index < -0.39 is 12.1 Å². The van der Waals surface area contributed by atoms with E-state index >= 15 is 0 Å².